The number of hydrogen-bond acceptors (Lipinski definition) is 2. The Labute approximate surface area is 527 Å². The van der Waals surface area contributed by atoms with Crippen molar-refractivity contribution in [3.8, 4) is 0 Å². The Bertz CT molecular complexity index is 4680. The molecule has 0 heterocycles. The van der Waals surface area contributed by atoms with Crippen LogP contribution in [-0.2, 0) is 0 Å². The smallest absolute Gasteiger partial charge is 0.0619 e. The highest BCUT2D eigenvalue weighted by molar-refractivity contribution is 6.40. The van der Waals surface area contributed by atoms with Gasteiger partial charge in [-0.3, -0.25) is 0 Å². The lowest BCUT2D eigenvalue weighted by Gasteiger charge is -2.30. The van der Waals surface area contributed by atoms with Crippen LogP contribution >= 0.6 is 0 Å². The van der Waals surface area contributed by atoms with Crippen LogP contribution in [0.3, 0.4) is 0 Å². The first-order valence-electron chi connectivity index (χ1n) is 31.7. The van der Waals surface area contributed by atoms with Gasteiger partial charge in [0.15, 0.2) is 0 Å². The zero-order valence-corrected chi connectivity index (χ0v) is 52.9. The molecule has 0 unspecified atom stereocenters. The van der Waals surface area contributed by atoms with E-state index in [-0.39, 0.29) is 0 Å². The molecule has 0 spiro atoms. The predicted octanol–water partition coefficient (Wildman–Crippen LogP) is 24.6. The highest BCUT2D eigenvalue weighted by Gasteiger charge is 2.24. The molecule has 0 aliphatic heterocycles. The minimum atomic E-state index is 0.996. The summed E-state index contributed by atoms with van der Waals surface area (Å²) in [6, 6.07) is 101. The predicted molar refractivity (Wildman–Crippen MR) is 390 cm³/mol. The molecule has 2 nitrogen and oxygen atoms in total. The van der Waals surface area contributed by atoms with Crippen molar-refractivity contribution in [3.05, 3.63) is 340 Å². The van der Waals surface area contributed by atoms with E-state index in [1.165, 1.54) is 143 Å². The van der Waals surface area contributed by atoms with Gasteiger partial charge in [0.2, 0.25) is 0 Å². The SMILES string of the molecule is CC.CCCN(c1ccc(C)cc1)c1ccc(C=C(c2ccc(C)cc2)c2ccc(C)cc2)cc1.Cc1ccc(C(=Cc2ccc(N(c3ccc(C)cc3)c3c4ccccc4c4c5cccc6cccc(c7cccc3c74)c65)cc2)c2ccc(C)cc2)cc1. The molecule has 0 aliphatic carbocycles. The fraction of sp³-hybridized carbons (Fsp3) is 0.126. The summed E-state index contributed by atoms with van der Waals surface area (Å²) < 4.78 is 0. The van der Waals surface area contributed by atoms with Crippen molar-refractivity contribution >= 4 is 106 Å². The van der Waals surface area contributed by atoms with E-state index < -0.39 is 0 Å². The summed E-state index contributed by atoms with van der Waals surface area (Å²) in [6.07, 6.45) is 5.72. The van der Waals surface area contributed by atoms with E-state index >= 15 is 0 Å². The quantitative estimate of drug-likeness (QED) is 0.0645. The van der Waals surface area contributed by atoms with Gasteiger partial charge in [-0.15, -0.1) is 0 Å². The van der Waals surface area contributed by atoms with E-state index in [0.29, 0.717) is 0 Å². The lowest BCUT2D eigenvalue weighted by atomic mass is 9.86. The maximum Gasteiger partial charge on any atom is 0.0619 e. The van der Waals surface area contributed by atoms with Gasteiger partial charge in [-0.25, -0.2) is 0 Å². The summed E-state index contributed by atoms with van der Waals surface area (Å²) in [7, 11) is 0. The number of benzene rings is 14. The normalized spacial score (nSPS) is 11.1. The maximum absolute atomic E-state index is 2.47. The average Bonchev–Trinajstić information content (AvgIpc) is 0.706. The first-order valence-corrected chi connectivity index (χ1v) is 31.7. The van der Waals surface area contributed by atoms with Gasteiger partial charge in [0, 0.05) is 45.5 Å². The highest BCUT2D eigenvalue weighted by Crippen LogP contribution is 2.51. The molecular weight excluding hydrogens is 1070 g/mol. The van der Waals surface area contributed by atoms with Gasteiger partial charge in [0.05, 0.1) is 5.69 Å². The highest BCUT2D eigenvalue weighted by atomic mass is 15.1. The summed E-state index contributed by atoms with van der Waals surface area (Å²) in [5.41, 5.74) is 23.2. The van der Waals surface area contributed by atoms with Crippen LogP contribution in [0.2, 0.25) is 0 Å². The first-order chi connectivity index (χ1) is 43.5. The fourth-order valence-electron chi connectivity index (χ4n) is 12.6. The van der Waals surface area contributed by atoms with Gasteiger partial charge in [0.25, 0.3) is 0 Å². The standard InChI is InChI=1S/C53H39N.C32H33N.C2H6/c1-34-17-25-38(26-18-34)49(39-27-19-35(2)20-28-39)33-37-23-31-42(32-24-37)54(41-29-21-36(3)22-30-41)53-46-12-5-4-11-45(46)51-47-15-7-10-40-9-6-13-43(50(40)47)44-14-8-16-48(53)52(44)51;1-5-22-33(30-18-10-26(4)11-19-30)31-20-12-27(13-21-31)23-32(28-14-6-24(2)7-15-28)29-16-8-25(3)9-17-29;1-2/h4-33H,1-3H3;6-21,23H,5,22H2,1-4H3;1-2H3. The maximum atomic E-state index is 2.47. The third-order valence-corrected chi connectivity index (χ3v) is 17.2. The summed E-state index contributed by atoms with van der Waals surface area (Å²) >= 11 is 0. The van der Waals surface area contributed by atoms with Gasteiger partial charge in [-0.1, -0.05) is 279 Å². The number of fused-ring (bicyclic) bond motifs is 4. The van der Waals surface area contributed by atoms with Gasteiger partial charge >= 0.3 is 0 Å². The molecule has 0 bridgehead atoms. The Morgan fingerprint density at radius 2 is 0.596 bits per heavy atom. The number of rotatable bonds is 13. The third kappa shape index (κ3) is 12.4. The van der Waals surface area contributed by atoms with E-state index in [0.717, 1.165) is 29.9 Å². The molecule has 89 heavy (non-hydrogen) atoms. The van der Waals surface area contributed by atoms with E-state index in [4.69, 9.17) is 0 Å². The molecule has 0 amide bonds. The Morgan fingerprint density at radius 1 is 0.292 bits per heavy atom. The van der Waals surface area contributed by atoms with Crippen LogP contribution in [0.15, 0.2) is 273 Å². The van der Waals surface area contributed by atoms with Crippen molar-refractivity contribution < 1.29 is 0 Å². The zero-order valence-electron chi connectivity index (χ0n) is 52.9. The Morgan fingerprint density at radius 3 is 1.02 bits per heavy atom. The van der Waals surface area contributed by atoms with Gasteiger partial charge in [-0.2, -0.15) is 0 Å². The number of nitrogens with zero attached hydrogens (tertiary/aromatic N) is 2. The lowest BCUT2D eigenvalue weighted by molar-refractivity contribution is 0.885. The lowest BCUT2D eigenvalue weighted by Crippen LogP contribution is -2.17. The molecule has 0 radical (unpaired) electrons. The van der Waals surface area contributed by atoms with Crippen LogP contribution in [-0.4, -0.2) is 6.54 Å². The van der Waals surface area contributed by atoms with Gasteiger partial charge in [0.1, 0.15) is 0 Å². The number of anilines is 5. The summed E-state index contributed by atoms with van der Waals surface area (Å²) in [4.78, 5) is 4.87. The van der Waals surface area contributed by atoms with Crippen LogP contribution < -0.4 is 9.80 Å². The molecule has 0 atom stereocenters. The molecule has 0 aromatic heterocycles. The summed E-state index contributed by atoms with van der Waals surface area (Å²) in [6.45, 7) is 20.1. The van der Waals surface area contributed by atoms with Crippen LogP contribution in [0, 0.1) is 41.5 Å². The molecule has 0 saturated carbocycles. The average molecular weight is 1150 g/mol. The molecule has 0 N–H and O–H groups in total. The topological polar surface area (TPSA) is 6.48 Å². The van der Waals surface area contributed by atoms with E-state index in [1.807, 2.05) is 13.8 Å². The Hall–Kier alpha value is -10.3. The minimum absolute atomic E-state index is 0.996. The monoisotopic (exact) mass is 1150 g/mol. The second-order valence-corrected chi connectivity index (χ2v) is 23.6. The molecule has 14 rings (SSSR count). The van der Waals surface area contributed by atoms with Crippen molar-refractivity contribution in [2.75, 3.05) is 16.3 Å². The minimum Gasteiger partial charge on any atom is -0.342 e. The zero-order chi connectivity index (χ0) is 61.5. The second-order valence-electron chi connectivity index (χ2n) is 23.6. The van der Waals surface area contributed by atoms with E-state index in [9.17, 15) is 0 Å². The largest absolute Gasteiger partial charge is 0.342 e. The van der Waals surface area contributed by atoms with Crippen LogP contribution in [0.25, 0.3) is 77.2 Å². The summed E-state index contributed by atoms with van der Waals surface area (Å²) in [5, 5.41) is 12.9. The number of hydrogen-bond donors (Lipinski definition) is 0. The van der Waals surface area contributed by atoms with E-state index in [1.54, 1.807) is 0 Å². The van der Waals surface area contributed by atoms with Crippen molar-refractivity contribution in [2.45, 2.75) is 68.7 Å². The first kappa shape index (κ1) is 59.1. The van der Waals surface area contributed by atoms with Crippen LogP contribution in [0.4, 0.5) is 28.4 Å². The molecule has 0 saturated heterocycles. The molecule has 2 heteroatoms. The molecule has 436 valence electrons. The molecule has 0 aliphatic rings. The van der Waals surface area contributed by atoms with Crippen molar-refractivity contribution in [3.63, 3.8) is 0 Å². The van der Waals surface area contributed by atoms with E-state index in [2.05, 4.69) is 343 Å². The molecule has 14 aromatic rings. The second kappa shape index (κ2) is 26.4. The van der Waals surface area contributed by atoms with Gasteiger partial charge in [-0.05, 0) is 191 Å². The van der Waals surface area contributed by atoms with Crippen molar-refractivity contribution in [1.29, 1.82) is 0 Å². The van der Waals surface area contributed by atoms with Crippen molar-refractivity contribution in [1.82, 2.24) is 0 Å². The van der Waals surface area contributed by atoms with Crippen LogP contribution in [0.1, 0.15) is 94.0 Å². The molecule has 0 fully saturated rings. The van der Waals surface area contributed by atoms with Gasteiger partial charge < -0.3 is 9.80 Å². The summed E-state index contributed by atoms with van der Waals surface area (Å²) in [5.74, 6) is 0. The number of aryl methyl sites for hydroxylation is 6. The molecule has 14 aromatic carbocycles. The molecular formula is C87H78N2. The van der Waals surface area contributed by atoms with Crippen molar-refractivity contribution in [2.24, 2.45) is 0 Å². The fourth-order valence-corrected chi connectivity index (χ4v) is 12.6. The Balaban J connectivity index is 0.000000189. The Kier molecular flexibility index (Phi) is 17.5. The third-order valence-electron chi connectivity index (χ3n) is 17.2. The van der Waals surface area contributed by atoms with Crippen LogP contribution in [0.5, 0.6) is 0 Å².